The molecule has 8 nitrogen and oxygen atoms in total. The van der Waals surface area contributed by atoms with Gasteiger partial charge < -0.3 is 20.2 Å². The summed E-state index contributed by atoms with van der Waals surface area (Å²) in [5.74, 6) is -0.466. The van der Waals surface area contributed by atoms with Crippen LogP contribution in [-0.4, -0.2) is 19.8 Å². The Kier molecular flexibility index (Phi) is 3.31. The average molecular weight is 290 g/mol. The first-order valence-corrected chi connectivity index (χ1v) is 6.51. The summed E-state index contributed by atoms with van der Waals surface area (Å²) in [4.78, 5) is 27.1. The molecule has 0 radical (unpaired) electrons. The maximum atomic E-state index is 10.4. The van der Waals surface area contributed by atoms with Crippen LogP contribution in [0.25, 0.3) is 0 Å². The number of nitrogens with zero attached hydrogens (tertiary/aromatic N) is 4. The van der Waals surface area contributed by atoms with Crippen molar-refractivity contribution >= 4 is 46.1 Å². The third-order valence-corrected chi connectivity index (χ3v) is 4.34. The molecule has 0 aliphatic rings. The van der Waals surface area contributed by atoms with Crippen molar-refractivity contribution in [3.63, 3.8) is 0 Å². The van der Waals surface area contributed by atoms with Gasteiger partial charge in [0.15, 0.2) is 0 Å². The van der Waals surface area contributed by atoms with Gasteiger partial charge in [-0.05, 0) is 19.8 Å². The summed E-state index contributed by atoms with van der Waals surface area (Å²) in [6.45, 7) is 0. The fourth-order valence-electron chi connectivity index (χ4n) is 0.835. The number of nitro groups is 2. The van der Waals surface area contributed by atoms with Crippen LogP contribution in [-0.2, 0) is 0 Å². The standard InChI is InChI=1S/C6H2N4O4S3/c11-9(12)3-1-15-5(7-3)17-6-8-4(2-16-6)10(13)14/h1-2H. The zero-order valence-electron chi connectivity index (χ0n) is 7.80. The zero-order chi connectivity index (χ0) is 12.4. The lowest BCUT2D eigenvalue weighted by Crippen LogP contribution is -1.87. The van der Waals surface area contributed by atoms with Gasteiger partial charge in [0, 0.05) is 11.8 Å². The largest absolute Gasteiger partial charge is 0.375 e. The fraction of sp³-hybridized carbons (Fsp3) is 0. The van der Waals surface area contributed by atoms with Crippen molar-refractivity contribution in [3.8, 4) is 0 Å². The molecule has 11 heteroatoms. The van der Waals surface area contributed by atoms with Crippen molar-refractivity contribution in [3.05, 3.63) is 31.0 Å². The lowest BCUT2D eigenvalue weighted by molar-refractivity contribution is -0.389. The van der Waals surface area contributed by atoms with Crippen LogP contribution in [0.15, 0.2) is 19.4 Å². The van der Waals surface area contributed by atoms with E-state index in [9.17, 15) is 20.2 Å². The molecule has 0 spiro atoms. The molecule has 0 atom stereocenters. The molecule has 88 valence electrons. The Labute approximate surface area is 106 Å². The van der Waals surface area contributed by atoms with E-state index >= 15 is 0 Å². The topological polar surface area (TPSA) is 112 Å². The van der Waals surface area contributed by atoms with Gasteiger partial charge in [0.25, 0.3) is 8.68 Å². The Morgan fingerprint density at radius 3 is 1.71 bits per heavy atom. The van der Waals surface area contributed by atoms with Gasteiger partial charge in [0.2, 0.25) is 0 Å². The molecule has 0 aliphatic carbocycles. The van der Waals surface area contributed by atoms with E-state index in [0.29, 0.717) is 8.68 Å². The van der Waals surface area contributed by atoms with E-state index < -0.39 is 9.85 Å². The first kappa shape index (κ1) is 11.9. The summed E-state index contributed by atoms with van der Waals surface area (Å²) in [7, 11) is 0. The molecular weight excluding hydrogens is 288 g/mol. The Morgan fingerprint density at radius 2 is 1.41 bits per heavy atom. The van der Waals surface area contributed by atoms with E-state index in [0.717, 1.165) is 34.4 Å². The van der Waals surface area contributed by atoms with Crippen molar-refractivity contribution in [2.75, 3.05) is 0 Å². The summed E-state index contributed by atoms with van der Waals surface area (Å²) in [5, 5.41) is 23.4. The number of rotatable bonds is 4. The van der Waals surface area contributed by atoms with Gasteiger partial charge in [-0.2, -0.15) is 0 Å². The Bertz CT molecular complexity index is 529. The number of aromatic nitrogens is 2. The lowest BCUT2D eigenvalue weighted by Gasteiger charge is -1.83. The minimum Gasteiger partial charge on any atom is -0.358 e. The summed E-state index contributed by atoms with van der Waals surface area (Å²) < 4.78 is 0.863. The van der Waals surface area contributed by atoms with Crippen LogP contribution < -0.4 is 0 Å². The molecule has 2 heterocycles. The molecule has 2 aromatic heterocycles. The Morgan fingerprint density at radius 1 is 1.00 bits per heavy atom. The Hall–Kier alpha value is -1.59. The molecule has 0 aromatic carbocycles. The highest BCUT2D eigenvalue weighted by Crippen LogP contribution is 2.35. The normalized spacial score (nSPS) is 10.4. The maximum absolute atomic E-state index is 10.4. The van der Waals surface area contributed by atoms with Crippen LogP contribution in [0.1, 0.15) is 0 Å². The van der Waals surface area contributed by atoms with E-state index in [1.807, 2.05) is 0 Å². The van der Waals surface area contributed by atoms with Crippen LogP contribution in [0.5, 0.6) is 0 Å². The van der Waals surface area contributed by atoms with Gasteiger partial charge in [-0.1, -0.05) is 22.7 Å². The molecule has 0 amide bonds. The summed E-state index contributed by atoms with van der Waals surface area (Å²) >= 11 is 3.26. The summed E-state index contributed by atoms with van der Waals surface area (Å²) in [6, 6.07) is 0. The molecule has 2 aromatic rings. The maximum Gasteiger partial charge on any atom is 0.375 e. The molecule has 0 N–H and O–H groups in total. The SMILES string of the molecule is O=[N+]([O-])c1csc(Sc2nc([N+](=O)[O-])cs2)n1. The van der Waals surface area contributed by atoms with Gasteiger partial charge in [-0.3, -0.25) is 0 Å². The lowest BCUT2D eigenvalue weighted by atomic mass is 10.8. The minimum atomic E-state index is -0.592. The van der Waals surface area contributed by atoms with E-state index in [4.69, 9.17) is 0 Å². The van der Waals surface area contributed by atoms with E-state index in [1.165, 1.54) is 10.8 Å². The van der Waals surface area contributed by atoms with Gasteiger partial charge in [0.1, 0.15) is 0 Å². The quantitative estimate of drug-likeness (QED) is 0.628. The van der Waals surface area contributed by atoms with E-state index in [-0.39, 0.29) is 11.6 Å². The smallest absolute Gasteiger partial charge is 0.358 e. The van der Waals surface area contributed by atoms with E-state index in [2.05, 4.69) is 9.97 Å². The van der Waals surface area contributed by atoms with Gasteiger partial charge in [-0.25, -0.2) is 0 Å². The summed E-state index contributed by atoms with van der Waals surface area (Å²) in [6.07, 6.45) is 0. The third-order valence-electron chi connectivity index (χ3n) is 1.49. The number of hydrogen-bond donors (Lipinski definition) is 0. The van der Waals surface area contributed by atoms with Gasteiger partial charge in [-0.15, -0.1) is 0 Å². The second-order valence-corrected chi connectivity index (χ2v) is 5.77. The second-order valence-electron chi connectivity index (χ2n) is 2.56. The predicted molar refractivity (Wildman–Crippen MR) is 61.7 cm³/mol. The van der Waals surface area contributed by atoms with Crippen molar-refractivity contribution in [1.82, 2.24) is 9.97 Å². The molecule has 0 bridgehead atoms. The molecule has 0 fully saturated rings. The highest BCUT2D eigenvalue weighted by Gasteiger charge is 2.20. The molecular formula is C6H2N4O4S3. The van der Waals surface area contributed by atoms with Crippen LogP contribution in [0.3, 0.4) is 0 Å². The zero-order valence-corrected chi connectivity index (χ0v) is 10.3. The van der Waals surface area contributed by atoms with Crippen molar-refractivity contribution < 1.29 is 9.85 Å². The number of thiazole rings is 2. The Balaban J connectivity index is 2.13. The second kappa shape index (κ2) is 4.73. The highest BCUT2D eigenvalue weighted by atomic mass is 32.2. The van der Waals surface area contributed by atoms with Crippen molar-refractivity contribution in [2.24, 2.45) is 0 Å². The predicted octanol–water partition coefficient (Wildman–Crippen LogP) is 2.57. The fourth-order valence-corrected chi connectivity index (χ4v) is 3.55. The molecule has 0 aliphatic heterocycles. The first-order chi connectivity index (χ1) is 8.06. The van der Waals surface area contributed by atoms with Crippen molar-refractivity contribution in [2.45, 2.75) is 8.68 Å². The van der Waals surface area contributed by atoms with Crippen LogP contribution >= 0.6 is 34.4 Å². The third kappa shape index (κ3) is 2.75. The molecule has 0 unspecified atom stereocenters. The minimum absolute atomic E-state index is 0.233. The molecule has 17 heavy (non-hydrogen) atoms. The highest BCUT2D eigenvalue weighted by molar-refractivity contribution is 8.02. The number of hydrogen-bond acceptors (Lipinski definition) is 9. The van der Waals surface area contributed by atoms with Crippen LogP contribution in [0.2, 0.25) is 0 Å². The van der Waals surface area contributed by atoms with Crippen LogP contribution in [0.4, 0.5) is 11.6 Å². The first-order valence-electron chi connectivity index (χ1n) is 3.94. The van der Waals surface area contributed by atoms with Crippen molar-refractivity contribution in [1.29, 1.82) is 0 Å². The average Bonchev–Trinajstić information content (AvgIpc) is 2.87. The van der Waals surface area contributed by atoms with Gasteiger partial charge in [0.05, 0.1) is 10.8 Å². The van der Waals surface area contributed by atoms with E-state index in [1.54, 1.807) is 0 Å². The molecule has 2 rings (SSSR count). The monoisotopic (exact) mass is 290 g/mol. The van der Waals surface area contributed by atoms with Crippen LogP contribution in [0, 0.1) is 20.2 Å². The molecule has 0 saturated carbocycles. The molecule has 0 saturated heterocycles. The van der Waals surface area contributed by atoms with Gasteiger partial charge >= 0.3 is 11.6 Å². The summed E-state index contributed by atoms with van der Waals surface area (Å²) in [5.41, 5.74) is 0.